The van der Waals surface area contributed by atoms with Crippen LogP contribution in [0.25, 0.3) is 0 Å². The van der Waals surface area contributed by atoms with E-state index < -0.39 is 17.8 Å². The molecule has 1 aliphatic heterocycles. The molecule has 0 bridgehead atoms. The number of nitrogens with one attached hydrogen (secondary N) is 2. The first-order chi connectivity index (χ1) is 15.6. The van der Waals surface area contributed by atoms with Gasteiger partial charge in [0.05, 0.1) is 30.2 Å². The van der Waals surface area contributed by atoms with E-state index in [4.69, 9.17) is 4.74 Å². The summed E-state index contributed by atoms with van der Waals surface area (Å²) < 4.78 is 19.5. The van der Waals surface area contributed by atoms with E-state index in [1.165, 1.54) is 29.5 Å². The SMILES string of the molecule is O=C(N[C@H](Cc1ccsc1)C(=O)Nc1ccccc1N1CCOCC1)c1ccccc1F. The number of benzene rings is 2. The van der Waals surface area contributed by atoms with E-state index >= 15 is 0 Å². The fourth-order valence-electron chi connectivity index (χ4n) is 3.61. The zero-order valence-corrected chi connectivity index (χ0v) is 18.2. The van der Waals surface area contributed by atoms with Gasteiger partial charge in [0, 0.05) is 19.5 Å². The second kappa shape index (κ2) is 10.4. The van der Waals surface area contributed by atoms with Gasteiger partial charge in [0.1, 0.15) is 11.9 Å². The van der Waals surface area contributed by atoms with Crippen LogP contribution >= 0.6 is 11.3 Å². The standard InChI is InChI=1S/C24H24FN3O3S/c25-19-6-2-1-5-18(19)23(29)27-21(15-17-9-14-32-16-17)24(30)26-20-7-3-4-8-22(20)28-10-12-31-13-11-28/h1-9,14,16,21H,10-13,15H2,(H,26,30)(H,27,29)/t21-/m1/s1. The van der Waals surface area contributed by atoms with Crippen LogP contribution in [0.1, 0.15) is 15.9 Å². The first kappa shape index (κ1) is 22.0. The van der Waals surface area contributed by atoms with Gasteiger partial charge in [-0.3, -0.25) is 9.59 Å². The monoisotopic (exact) mass is 453 g/mol. The van der Waals surface area contributed by atoms with Crippen molar-refractivity contribution in [2.75, 3.05) is 36.5 Å². The summed E-state index contributed by atoms with van der Waals surface area (Å²) in [6.45, 7) is 2.72. The number of nitrogens with zero attached hydrogens (tertiary/aromatic N) is 1. The highest BCUT2D eigenvalue weighted by Gasteiger charge is 2.25. The fraction of sp³-hybridized carbons (Fsp3) is 0.250. The Morgan fingerprint density at radius 1 is 1.06 bits per heavy atom. The average molecular weight is 454 g/mol. The van der Waals surface area contributed by atoms with E-state index in [1.807, 2.05) is 41.1 Å². The molecule has 1 fully saturated rings. The van der Waals surface area contributed by atoms with Crippen molar-refractivity contribution in [1.82, 2.24) is 5.32 Å². The lowest BCUT2D eigenvalue weighted by Gasteiger charge is -2.31. The largest absolute Gasteiger partial charge is 0.378 e. The lowest BCUT2D eigenvalue weighted by molar-refractivity contribution is -0.118. The second-order valence-electron chi connectivity index (χ2n) is 7.45. The molecule has 0 aliphatic carbocycles. The molecule has 32 heavy (non-hydrogen) atoms. The van der Waals surface area contributed by atoms with Crippen molar-refractivity contribution in [3.05, 3.63) is 82.3 Å². The molecular weight excluding hydrogens is 429 g/mol. The van der Waals surface area contributed by atoms with Crippen LogP contribution in [0.2, 0.25) is 0 Å². The molecule has 4 rings (SSSR count). The quantitative estimate of drug-likeness (QED) is 0.572. The highest BCUT2D eigenvalue weighted by molar-refractivity contribution is 7.07. The average Bonchev–Trinajstić information content (AvgIpc) is 3.33. The van der Waals surface area contributed by atoms with E-state index in [-0.39, 0.29) is 11.5 Å². The zero-order valence-electron chi connectivity index (χ0n) is 17.4. The minimum atomic E-state index is -0.866. The molecule has 0 radical (unpaired) electrons. The highest BCUT2D eigenvalue weighted by atomic mass is 32.1. The number of anilines is 2. The number of halogens is 1. The Hall–Kier alpha value is -3.23. The summed E-state index contributed by atoms with van der Waals surface area (Å²) in [5, 5.41) is 9.52. The lowest BCUT2D eigenvalue weighted by atomic mass is 10.1. The minimum absolute atomic E-state index is 0.0932. The number of para-hydroxylation sites is 2. The molecule has 1 aromatic heterocycles. The summed E-state index contributed by atoms with van der Waals surface area (Å²) in [5.74, 6) is -1.61. The summed E-state index contributed by atoms with van der Waals surface area (Å²) >= 11 is 1.51. The van der Waals surface area contributed by atoms with Gasteiger partial charge in [0.25, 0.3) is 5.91 Å². The van der Waals surface area contributed by atoms with Crippen LogP contribution in [0.3, 0.4) is 0 Å². The molecule has 2 amide bonds. The zero-order chi connectivity index (χ0) is 22.3. The van der Waals surface area contributed by atoms with Gasteiger partial charge in [0.15, 0.2) is 0 Å². The van der Waals surface area contributed by atoms with E-state index in [0.717, 1.165) is 24.3 Å². The third-order valence-corrected chi connectivity index (χ3v) is 6.01. The molecule has 3 aromatic rings. The van der Waals surface area contributed by atoms with Crippen molar-refractivity contribution in [1.29, 1.82) is 0 Å². The number of carbonyl (C=O) groups is 2. The summed E-state index contributed by atoms with van der Waals surface area (Å²) in [6.07, 6.45) is 0.301. The first-order valence-electron chi connectivity index (χ1n) is 10.4. The van der Waals surface area contributed by atoms with Gasteiger partial charge in [-0.15, -0.1) is 0 Å². The van der Waals surface area contributed by atoms with Crippen molar-refractivity contribution in [3.63, 3.8) is 0 Å². The molecular formula is C24H24FN3O3S. The molecule has 1 atom stereocenters. The number of thiophene rings is 1. The maximum absolute atomic E-state index is 14.1. The molecule has 0 spiro atoms. The topological polar surface area (TPSA) is 70.7 Å². The van der Waals surface area contributed by atoms with Crippen molar-refractivity contribution in [2.24, 2.45) is 0 Å². The predicted octanol–water partition coefficient (Wildman–Crippen LogP) is 3.70. The molecule has 0 unspecified atom stereocenters. The molecule has 1 aliphatic rings. The summed E-state index contributed by atoms with van der Waals surface area (Å²) in [7, 11) is 0. The Kier molecular flexibility index (Phi) is 7.14. The van der Waals surface area contributed by atoms with Crippen molar-refractivity contribution in [2.45, 2.75) is 12.5 Å². The van der Waals surface area contributed by atoms with Gasteiger partial charge in [-0.05, 0) is 46.7 Å². The van der Waals surface area contributed by atoms with Crippen molar-refractivity contribution in [3.8, 4) is 0 Å². The van der Waals surface area contributed by atoms with Crippen molar-refractivity contribution >= 4 is 34.5 Å². The van der Waals surface area contributed by atoms with E-state index in [0.29, 0.717) is 25.3 Å². The maximum atomic E-state index is 14.1. The summed E-state index contributed by atoms with van der Waals surface area (Å²) in [4.78, 5) is 28.1. The molecule has 0 saturated carbocycles. The maximum Gasteiger partial charge on any atom is 0.254 e. The number of ether oxygens (including phenoxy) is 1. The van der Waals surface area contributed by atoms with Gasteiger partial charge in [-0.1, -0.05) is 24.3 Å². The van der Waals surface area contributed by atoms with Gasteiger partial charge in [-0.25, -0.2) is 4.39 Å². The number of rotatable bonds is 7. The van der Waals surface area contributed by atoms with Crippen LogP contribution in [0.5, 0.6) is 0 Å². The van der Waals surface area contributed by atoms with Crippen LogP contribution in [0.15, 0.2) is 65.4 Å². The molecule has 2 heterocycles. The van der Waals surface area contributed by atoms with E-state index in [9.17, 15) is 14.0 Å². The van der Waals surface area contributed by atoms with Gasteiger partial charge < -0.3 is 20.3 Å². The summed E-state index contributed by atoms with van der Waals surface area (Å²) in [5.41, 5.74) is 2.39. The molecule has 2 aromatic carbocycles. The molecule has 8 heteroatoms. The first-order valence-corrected chi connectivity index (χ1v) is 11.3. The van der Waals surface area contributed by atoms with Crippen molar-refractivity contribution < 1.29 is 18.7 Å². The van der Waals surface area contributed by atoms with Gasteiger partial charge in [-0.2, -0.15) is 11.3 Å². The Morgan fingerprint density at radius 3 is 2.56 bits per heavy atom. The molecule has 1 saturated heterocycles. The van der Waals surface area contributed by atoms with Crippen LogP contribution in [-0.2, 0) is 16.0 Å². The molecule has 2 N–H and O–H groups in total. The Morgan fingerprint density at radius 2 is 1.81 bits per heavy atom. The second-order valence-corrected chi connectivity index (χ2v) is 8.23. The molecule has 6 nitrogen and oxygen atoms in total. The number of hydrogen-bond donors (Lipinski definition) is 2. The number of morpholine rings is 1. The minimum Gasteiger partial charge on any atom is -0.378 e. The van der Waals surface area contributed by atoms with Crippen LogP contribution < -0.4 is 15.5 Å². The van der Waals surface area contributed by atoms with Crippen LogP contribution in [0, 0.1) is 5.82 Å². The number of amides is 2. The van der Waals surface area contributed by atoms with Gasteiger partial charge in [0.2, 0.25) is 5.91 Å². The van der Waals surface area contributed by atoms with E-state index in [2.05, 4.69) is 15.5 Å². The number of carbonyl (C=O) groups excluding carboxylic acids is 2. The highest BCUT2D eigenvalue weighted by Crippen LogP contribution is 2.26. The fourth-order valence-corrected chi connectivity index (χ4v) is 4.30. The smallest absolute Gasteiger partial charge is 0.254 e. The summed E-state index contributed by atoms with van der Waals surface area (Å²) in [6, 6.07) is 14.3. The van der Waals surface area contributed by atoms with Crippen LogP contribution in [-0.4, -0.2) is 44.2 Å². The molecule has 166 valence electrons. The number of hydrogen-bond acceptors (Lipinski definition) is 5. The van der Waals surface area contributed by atoms with Gasteiger partial charge >= 0.3 is 0 Å². The van der Waals surface area contributed by atoms with Crippen LogP contribution in [0.4, 0.5) is 15.8 Å². The third-order valence-electron chi connectivity index (χ3n) is 5.27. The Labute approximate surface area is 190 Å². The Bertz CT molecular complexity index is 1070. The predicted molar refractivity (Wildman–Crippen MR) is 124 cm³/mol. The Balaban J connectivity index is 1.54. The normalized spacial score (nSPS) is 14.6. The lowest BCUT2D eigenvalue weighted by Crippen LogP contribution is -2.45. The van der Waals surface area contributed by atoms with E-state index in [1.54, 1.807) is 6.07 Å². The third kappa shape index (κ3) is 5.33.